The summed E-state index contributed by atoms with van der Waals surface area (Å²) in [5.41, 5.74) is 0.957. The SMILES string of the molecule is O=C(C[NH+]1CCN(c2ncccn2)CC1)Nc1nc(-c2ccc(F)c(F)c2)cs1. The minimum atomic E-state index is -0.926. The quantitative estimate of drug-likeness (QED) is 0.653. The molecule has 10 heteroatoms. The van der Waals surface area contributed by atoms with E-state index in [0.717, 1.165) is 38.3 Å². The second-order valence-electron chi connectivity index (χ2n) is 6.68. The van der Waals surface area contributed by atoms with Gasteiger partial charge in [0.05, 0.1) is 31.9 Å². The summed E-state index contributed by atoms with van der Waals surface area (Å²) in [5.74, 6) is -1.25. The van der Waals surface area contributed by atoms with E-state index >= 15 is 0 Å². The van der Waals surface area contributed by atoms with Gasteiger partial charge in [0.2, 0.25) is 5.95 Å². The molecule has 0 unspecified atom stereocenters. The fourth-order valence-corrected chi connectivity index (χ4v) is 3.90. The Morgan fingerprint density at radius 1 is 1.17 bits per heavy atom. The minimum Gasteiger partial charge on any atom is -0.330 e. The van der Waals surface area contributed by atoms with E-state index in [4.69, 9.17) is 0 Å². The van der Waals surface area contributed by atoms with Gasteiger partial charge in [-0.05, 0) is 24.3 Å². The Balaban J connectivity index is 1.29. The summed E-state index contributed by atoms with van der Waals surface area (Å²) in [7, 11) is 0. The average Bonchev–Trinajstić information content (AvgIpc) is 3.19. The molecule has 3 aromatic rings. The van der Waals surface area contributed by atoms with E-state index in [1.165, 1.54) is 22.3 Å². The minimum absolute atomic E-state index is 0.129. The molecule has 1 aliphatic heterocycles. The molecule has 7 nitrogen and oxygen atoms in total. The first-order chi connectivity index (χ1) is 14.1. The topological polar surface area (TPSA) is 75.5 Å². The standard InChI is InChI=1S/C19H18F2N6OS/c20-14-3-2-13(10-15(14)21)16-12-29-19(24-16)25-17(28)11-26-6-8-27(9-7-26)18-22-4-1-5-23-18/h1-5,10,12H,6-9,11H2,(H,24,25,28)/p+1. The monoisotopic (exact) mass is 417 g/mol. The summed E-state index contributed by atoms with van der Waals surface area (Å²) in [6, 6.07) is 5.40. The van der Waals surface area contributed by atoms with Gasteiger partial charge >= 0.3 is 0 Å². The van der Waals surface area contributed by atoms with Crippen LogP contribution in [-0.4, -0.2) is 53.6 Å². The Kier molecular flexibility index (Phi) is 5.72. The Hall–Kier alpha value is -2.98. The first kappa shape index (κ1) is 19.3. The molecule has 4 rings (SSSR count). The van der Waals surface area contributed by atoms with Crippen LogP contribution in [-0.2, 0) is 4.79 Å². The number of hydrogen-bond acceptors (Lipinski definition) is 6. The molecular weight excluding hydrogens is 398 g/mol. The molecular formula is C19H19F2N6OS+. The maximum absolute atomic E-state index is 13.4. The highest BCUT2D eigenvalue weighted by Crippen LogP contribution is 2.26. The number of halogens is 2. The third kappa shape index (κ3) is 4.72. The molecule has 0 bridgehead atoms. The van der Waals surface area contributed by atoms with E-state index in [1.54, 1.807) is 23.8 Å². The summed E-state index contributed by atoms with van der Waals surface area (Å²) in [5, 5.41) is 4.93. The molecule has 0 atom stereocenters. The first-order valence-corrected chi connectivity index (χ1v) is 10.0. The highest BCUT2D eigenvalue weighted by atomic mass is 32.1. The number of hydrogen-bond donors (Lipinski definition) is 2. The van der Waals surface area contributed by atoms with Gasteiger partial charge in [0.1, 0.15) is 0 Å². The Morgan fingerprint density at radius 2 is 1.93 bits per heavy atom. The summed E-state index contributed by atoms with van der Waals surface area (Å²) >= 11 is 1.25. The van der Waals surface area contributed by atoms with E-state index < -0.39 is 11.6 Å². The van der Waals surface area contributed by atoms with Gasteiger partial charge in [-0.15, -0.1) is 11.3 Å². The van der Waals surface area contributed by atoms with Crippen LogP contribution in [0.5, 0.6) is 0 Å². The molecule has 2 N–H and O–H groups in total. The second-order valence-corrected chi connectivity index (χ2v) is 7.54. The number of carbonyl (C=O) groups excluding carboxylic acids is 1. The molecule has 0 saturated carbocycles. The van der Waals surface area contributed by atoms with Crippen molar-refractivity contribution < 1.29 is 18.5 Å². The smallest absolute Gasteiger partial charge is 0.281 e. The third-order valence-corrected chi connectivity index (χ3v) is 5.44. The summed E-state index contributed by atoms with van der Waals surface area (Å²) in [6.45, 7) is 3.52. The van der Waals surface area contributed by atoms with Gasteiger partial charge in [-0.3, -0.25) is 10.1 Å². The van der Waals surface area contributed by atoms with Gasteiger partial charge in [-0.1, -0.05) is 0 Å². The van der Waals surface area contributed by atoms with Crippen molar-refractivity contribution in [2.45, 2.75) is 0 Å². The van der Waals surface area contributed by atoms with Crippen LogP contribution in [0.25, 0.3) is 11.3 Å². The molecule has 1 saturated heterocycles. The number of anilines is 2. The van der Waals surface area contributed by atoms with Crippen LogP contribution in [0.1, 0.15) is 0 Å². The summed E-state index contributed by atoms with van der Waals surface area (Å²) < 4.78 is 26.5. The van der Waals surface area contributed by atoms with E-state index in [9.17, 15) is 13.6 Å². The number of quaternary nitrogens is 1. The van der Waals surface area contributed by atoms with Crippen molar-refractivity contribution in [1.29, 1.82) is 0 Å². The Morgan fingerprint density at radius 3 is 2.66 bits per heavy atom. The van der Waals surface area contributed by atoms with E-state index in [0.29, 0.717) is 28.9 Å². The number of nitrogens with zero attached hydrogens (tertiary/aromatic N) is 4. The Labute approximate surface area is 170 Å². The molecule has 1 fully saturated rings. The molecule has 150 valence electrons. The number of piperazine rings is 1. The van der Waals surface area contributed by atoms with Crippen LogP contribution in [0.2, 0.25) is 0 Å². The molecule has 1 aliphatic rings. The average molecular weight is 417 g/mol. The molecule has 0 radical (unpaired) electrons. The van der Waals surface area contributed by atoms with Gasteiger partial charge in [0.25, 0.3) is 5.91 Å². The number of amides is 1. The van der Waals surface area contributed by atoms with Gasteiger partial charge in [0, 0.05) is 23.3 Å². The van der Waals surface area contributed by atoms with Crippen molar-refractivity contribution >= 4 is 28.3 Å². The van der Waals surface area contributed by atoms with Crippen LogP contribution >= 0.6 is 11.3 Å². The fraction of sp³-hybridized carbons (Fsp3) is 0.263. The predicted molar refractivity (Wildman–Crippen MR) is 106 cm³/mol. The van der Waals surface area contributed by atoms with Crippen LogP contribution in [0, 0.1) is 11.6 Å². The van der Waals surface area contributed by atoms with Gasteiger partial charge < -0.3 is 9.80 Å². The number of benzene rings is 1. The van der Waals surface area contributed by atoms with Gasteiger partial charge in [0.15, 0.2) is 23.3 Å². The van der Waals surface area contributed by atoms with Gasteiger partial charge in [-0.2, -0.15) is 0 Å². The van der Waals surface area contributed by atoms with Crippen molar-refractivity contribution in [1.82, 2.24) is 15.0 Å². The third-order valence-electron chi connectivity index (χ3n) is 4.68. The van der Waals surface area contributed by atoms with E-state index in [-0.39, 0.29) is 5.91 Å². The lowest BCUT2D eigenvalue weighted by Crippen LogP contribution is -3.15. The van der Waals surface area contributed by atoms with Crippen LogP contribution in [0.3, 0.4) is 0 Å². The highest BCUT2D eigenvalue weighted by Gasteiger charge is 2.24. The number of thiazole rings is 1. The zero-order valence-corrected chi connectivity index (χ0v) is 16.3. The molecule has 3 heterocycles. The van der Waals surface area contributed by atoms with Crippen LogP contribution < -0.4 is 15.1 Å². The molecule has 0 aliphatic carbocycles. The normalized spacial score (nSPS) is 14.8. The van der Waals surface area contributed by atoms with Crippen molar-refractivity contribution in [3.63, 3.8) is 0 Å². The van der Waals surface area contributed by atoms with Gasteiger partial charge in [-0.25, -0.2) is 23.7 Å². The molecule has 1 amide bonds. The fourth-order valence-electron chi connectivity index (χ4n) is 3.16. The van der Waals surface area contributed by atoms with E-state index in [1.807, 2.05) is 0 Å². The van der Waals surface area contributed by atoms with Crippen molar-refractivity contribution in [3.05, 3.63) is 53.7 Å². The molecule has 0 spiro atoms. The number of rotatable bonds is 5. The largest absolute Gasteiger partial charge is 0.330 e. The number of aromatic nitrogens is 3. The predicted octanol–water partition coefficient (Wildman–Crippen LogP) is 1.22. The summed E-state index contributed by atoms with van der Waals surface area (Å²) in [4.78, 5) is 28.5. The van der Waals surface area contributed by atoms with Crippen molar-refractivity contribution in [3.8, 4) is 11.3 Å². The number of carbonyl (C=O) groups is 1. The number of nitrogens with one attached hydrogen (secondary N) is 2. The van der Waals surface area contributed by atoms with E-state index in [2.05, 4.69) is 25.2 Å². The van der Waals surface area contributed by atoms with Crippen LogP contribution in [0.4, 0.5) is 19.9 Å². The van der Waals surface area contributed by atoms with Crippen LogP contribution in [0.15, 0.2) is 42.0 Å². The molecule has 2 aromatic heterocycles. The maximum atomic E-state index is 13.4. The van der Waals surface area contributed by atoms with Crippen molar-refractivity contribution in [2.24, 2.45) is 0 Å². The maximum Gasteiger partial charge on any atom is 0.281 e. The molecule has 1 aromatic carbocycles. The lowest BCUT2D eigenvalue weighted by atomic mass is 10.2. The summed E-state index contributed by atoms with van der Waals surface area (Å²) in [6.07, 6.45) is 3.44. The van der Waals surface area contributed by atoms with Crippen molar-refractivity contribution in [2.75, 3.05) is 42.9 Å². The lowest BCUT2D eigenvalue weighted by molar-refractivity contribution is -0.892. The second kappa shape index (κ2) is 8.58. The Bertz CT molecular complexity index is 991. The lowest BCUT2D eigenvalue weighted by Gasteiger charge is -2.31. The highest BCUT2D eigenvalue weighted by molar-refractivity contribution is 7.14. The zero-order chi connectivity index (χ0) is 20.2. The zero-order valence-electron chi connectivity index (χ0n) is 15.4. The molecule has 29 heavy (non-hydrogen) atoms. The first-order valence-electron chi connectivity index (χ1n) is 9.15.